The predicted octanol–water partition coefficient (Wildman–Crippen LogP) is 1.43. The van der Waals surface area contributed by atoms with Gasteiger partial charge in [-0.25, -0.2) is 9.59 Å². The first-order chi connectivity index (χ1) is 8.93. The lowest BCUT2D eigenvalue weighted by Crippen LogP contribution is -2.12. The first-order valence-corrected chi connectivity index (χ1v) is 5.29. The lowest BCUT2D eigenvalue weighted by atomic mass is 10.1. The van der Waals surface area contributed by atoms with Crippen molar-refractivity contribution in [2.24, 2.45) is 0 Å². The maximum absolute atomic E-state index is 11.4. The van der Waals surface area contributed by atoms with Crippen molar-refractivity contribution in [2.75, 3.05) is 5.32 Å². The fourth-order valence-corrected chi connectivity index (χ4v) is 1.36. The topological polar surface area (TPSA) is 104 Å². The summed E-state index contributed by atoms with van der Waals surface area (Å²) in [6.07, 6.45) is 5.34. The molecule has 0 aromatic heterocycles. The molecular weight excluding hydrogens is 250 g/mol. The molecule has 0 atom stereocenters. The van der Waals surface area contributed by atoms with Gasteiger partial charge in [-0.3, -0.25) is 4.79 Å². The number of carboxylic acid groups (broad SMARTS) is 2. The number of aromatic carboxylic acids is 2. The van der Waals surface area contributed by atoms with E-state index < -0.39 is 17.8 Å². The molecule has 19 heavy (non-hydrogen) atoms. The minimum absolute atomic E-state index is 0.0796. The highest BCUT2D eigenvalue weighted by molar-refractivity contribution is 5.98. The van der Waals surface area contributed by atoms with Crippen LogP contribution in [-0.4, -0.2) is 28.1 Å². The van der Waals surface area contributed by atoms with Crippen LogP contribution in [0.15, 0.2) is 18.2 Å². The highest BCUT2D eigenvalue weighted by Gasteiger charge is 2.12. The van der Waals surface area contributed by atoms with Crippen molar-refractivity contribution in [1.82, 2.24) is 0 Å². The molecule has 0 unspecified atom stereocenters. The van der Waals surface area contributed by atoms with E-state index in [9.17, 15) is 14.4 Å². The predicted molar refractivity (Wildman–Crippen MR) is 67.1 cm³/mol. The van der Waals surface area contributed by atoms with E-state index in [-0.39, 0.29) is 29.7 Å². The molecule has 0 spiro atoms. The van der Waals surface area contributed by atoms with E-state index in [1.165, 1.54) is 12.1 Å². The van der Waals surface area contributed by atoms with Crippen LogP contribution >= 0.6 is 0 Å². The number of hydrogen-bond acceptors (Lipinski definition) is 3. The van der Waals surface area contributed by atoms with Gasteiger partial charge in [0.15, 0.2) is 0 Å². The third-order valence-electron chi connectivity index (χ3n) is 2.21. The van der Waals surface area contributed by atoms with Gasteiger partial charge in [0.2, 0.25) is 5.91 Å². The van der Waals surface area contributed by atoms with Gasteiger partial charge in [0.25, 0.3) is 0 Å². The van der Waals surface area contributed by atoms with Gasteiger partial charge >= 0.3 is 11.9 Å². The summed E-state index contributed by atoms with van der Waals surface area (Å²) in [6, 6.07) is 3.38. The fraction of sp³-hybridized carbons (Fsp3) is 0.154. The van der Waals surface area contributed by atoms with Crippen LogP contribution < -0.4 is 5.32 Å². The van der Waals surface area contributed by atoms with Crippen molar-refractivity contribution in [3.05, 3.63) is 29.3 Å². The normalized spacial score (nSPS) is 9.42. The molecule has 6 nitrogen and oxygen atoms in total. The van der Waals surface area contributed by atoms with E-state index in [1.54, 1.807) is 0 Å². The van der Waals surface area contributed by atoms with Crippen molar-refractivity contribution in [3.8, 4) is 12.3 Å². The zero-order valence-corrected chi connectivity index (χ0v) is 9.84. The van der Waals surface area contributed by atoms with E-state index in [2.05, 4.69) is 11.2 Å². The lowest BCUT2D eigenvalue weighted by molar-refractivity contribution is -0.116. The molecule has 1 aromatic rings. The molecule has 0 heterocycles. The molecule has 0 saturated heterocycles. The van der Waals surface area contributed by atoms with E-state index in [4.69, 9.17) is 16.6 Å². The molecule has 1 amide bonds. The largest absolute Gasteiger partial charge is 0.478 e. The number of rotatable bonds is 5. The van der Waals surface area contributed by atoms with Gasteiger partial charge in [0, 0.05) is 18.5 Å². The molecule has 98 valence electrons. The average Bonchev–Trinajstić information content (AvgIpc) is 2.35. The zero-order chi connectivity index (χ0) is 14.4. The molecule has 0 saturated carbocycles. The van der Waals surface area contributed by atoms with Crippen LogP contribution in [0, 0.1) is 12.3 Å². The summed E-state index contributed by atoms with van der Waals surface area (Å²) in [5.74, 6) is -0.663. The number of nitrogens with one attached hydrogen (secondary N) is 1. The molecule has 0 bridgehead atoms. The number of carbonyl (C=O) groups is 3. The summed E-state index contributed by atoms with van der Waals surface area (Å²) in [4.78, 5) is 33.1. The molecule has 0 aliphatic rings. The minimum atomic E-state index is -1.28. The standard InChI is InChI=1S/C13H11NO5/c1-2-3-4-11(15)14-10-6-8(12(16)17)5-9(7-10)13(18)19/h1,5-7H,3-4H2,(H,14,15)(H,16,17)(H,18,19). The van der Waals surface area contributed by atoms with E-state index >= 15 is 0 Å². The highest BCUT2D eigenvalue weighted by Crippen LogP contribution is 2.16. The van der Waals surface area contributed by atoms with Gasteiger partial charge < -0.3 is 15.5 Å². The van der Waals surface area contributed by atoms with Crippen LogP contribution in [0.3, 0.4) is 0 Å². The molecule has 3 N–H and O–H groups in total. The minimum Gasteiger partial charge on any atom is -0.478 e. The Bertz CT molecular complexity index is 539. The van der Waals surface area contributed by atoms with Gasteiger partial charge in [-0.05, 0) is 18.2 Å². The second-order valence-electron chi connectivity index (χ2n) is 3.66. The summed E-state index contributed by atoms with van der Waals surface area (Å²) in [6.45, 7) is 0. The number of amides is 1. The Balaban J connectivity index is 3.00. The van der Waals surface area contributed by atoms with Crippen molar-refractivity contribution < 1.29 is 24.6 Å². The summed E-state index contributed by atoms with van der Waals surface area (Å²) in [5.41, 5.74) is -0.321. The van der Waals surface area contributed by atoms with Crippen molar-refractivity contribution in [2.45, 2.75) is 12.8 Å². The molecular formula is C13H11NO5. The second-order valence-corrected chi connectivity index (χ2v) is 3.66. The average molecular weight is 261 g/mol. The third-order valence-corrected chi connectivity index (χ3v) is 2.21. The molecule has 0 aliphatic heterocycles. The zero-order valence-electron chi connectivity index (χ0n) is 9.84. The Morgan fingerprint density at radius 3 is 2.05 bits per heavy atom. The SMILES string of the molecule is C#CCCC(=O)Nc1cc(C(=O)O)cc(C(=O)O)c1. The number of anilines is 1. The van der Waals surface area contributed by atoms with Gasteiger partial charge in [-0.1, -0.05) is 0 Å². The summed E-state index contributed by atoms with van der Waals surface area (Å²) in [7, 11) is 0. The highest BCUT2D eigenvalue weighted by atomic mass is 16.4. The van der Waals surface area contributed by atoms with Crippen LogP contribution in [0.4, 0.5) is 5.69 Å². The fourth-order valence-electron chi connectivity index (χ4n) is 1.36. The van der Waals surface area contributed by atoms with Crippen molar-refractivity contribution in [3.63, 3.8) is 0 Å². The molecule has 1 rings (SSSR count). The van der Waals surface area contributed by atoms with E-state index in [1.807, 2.05) is 0 Å². The Morgan fingerprint density at radius 1 is 1.11 bits per heavy atom. The number of terminal acetylenes is 1. The van der Waals surface area contributed by atoms with Gasteiger partial charge in [0.05, 0.1) is 11.1 Å². The first kappa shape index (κ1) is 14.3. The van der Waals surface area contributed by atoms with Gasteiger partial charge in [-0.2, -0.15) is 0 Å². The van der Waals surface area contributed by atoms with E-state index in [0.717, 1.165) is 6.07 Å². The smallest absolute Gasteiger partial charge is 0.335 e. The Labute approximate surface area is 109 Å². The third kappa shape index (κ3) is 4.16. The van der Waals surface area contributed by atoms with Crippen LogP contribution in [0.25, 0.3) is 0 Å². The monoisotopic (exact) mass is 261 g/mol. The maximum atomic E-state index is 11.4. The maximum Gasteiger partial charge on any atom is 0.335 e. The van der Waals surface area contributed by atoms with Gasteiger partial charge in [-0.15, -0.1) is 12.3 Å². The molecule has 0 aliphatic carbocycles. The van der Waals surface area contributed by atoms with Crippen LogP contribution in [0.1, 0.15) is 33.6 Å². The number of hydrogen-bond donors (Lipinski definition) is 3. The summed E-state index contributed by atoms with van der Waals surface area (Å²) >= 11 is 0. The molecule has 6 heteroatoms. The molecule has 0 radical (unpaired) electrons. The molecule has 0 fully saturated rings. The quantitative estimate of drug-likeness (QED) is 0.696. The van der Waals surface area contributed by atoms with Gasteiger partial charge in [0.1, 0.15) is 0 Å². The number of carboxylic acids is 2. The Morgan fingerprint density at radius 2 is 1.63 bits per heavy atom. The van der Waals surface area contributed by atoms with Crippen LogP contribution in [0.5, 0.6) is 0 Å². The summed E-state index contributed by atoms with van der Waals surface area (Å²) in [5, 5.41) is 20.1. The number of benzene rings is 1. The summed E-state index contributed by atoms with van der Waals surface area (Å²) < 4.78 is 0. The van der Waals surface area contributed by atoms with Crippen molar-refractivity contribution in [1.29, 1.82) is 0 Å². The second kappa shape index (κ2) is 6.21. The van der Waals surface area contributed by atoms with Crippen LogP contribution in [0.2, 0.25) is 0 Å². The Kier molecular flexibility index (Phi) is 4.66. The van der Waals surface area contributed by atoms with Crippen LogP contribution in [-0.2, 0) is 4.79 Å². The van der Waals surface area contributed by atoms with Crippen molar-refractivity contribution >= 4 is 23.5 Å². The Hall–Kier alpha value is -2.81. The molecule has 1 aromatic carbocycles. The van der Waals surface area contributed by atoms with E-state index in [0.29, 0.717) is 0 Å². The lowest BCUT2D eigenvalue weighted by Gasteiger charge is -2.07. The first-order valence-electron chi connectivity index (χ1n) is 5.29. The number of carbonyl (C=O) groups excluding carboxylic acids is 1.